The van der Waals surface area contributed by atoms with Gasteiger partial charge in [-0.25, -0.2) is 0 Å². The largest absolute Gasteiger partial charge is 0.359 e. The van der Waals surface area contributed by atoms with Crippen LogP contribution < -0.4 is 0 Å². The standard InChI is InChI=1S/C16H11BrClNO/c17-11-4-1-3-10(7-11)8-15(20)13-9-19-16-12(13)5-2-6-14(16)18/h1-7,9,19H,8H2. The second kappa shape index (κ2) is 5.43. The lowest BCUT2D eigenvalue weighted by Gasteiger charge is -2.01. The summed E-state index contributed by atoms with van der Waals surface area (Å²) < 4.78 is 0.977. The number of hydrogen-bond donors (Lipinski definition) is 1. The summed E-state index contributed by atoms with van der Waals surface area (Å²) in [4.78, 5) is 15.5. The van der Waals surface area contributed by atoms with Crippen molar-refractivity contribution < 1.29 is 4.79 Å². The van der Waals surface area contributed by atoms with E-state index in [-0.39, 0.29) is 5.78 Å². The van der Waals surface area contributed by atoms with Crippen molar-refractivity contribution in [1.29, 1.82) is 0 Å². The predicted molar refractivity (Wildman–Crippen MR) is 85.5 cm³/mol. The zero-order valence-corrected chi connectivity index (χ0v) is 12.8. The number of Topliss-reactive ketones (excluding diaryl/α,β-unsaturated/α-hetero) is 1. The van der Waals surface area contributed by atoms with E-state index in [1.807, 2.05) is 42.5 Å². The number of hydrogen-bond acceptors (Lipinski definition) is 1. The Balaban J connectivity index is 1.95. The topological polar surface area (TPSA) is 32.9 Å². The third-order valence-corrected chi connectivity index (χ3v) is 4.03. The molecule has 0 saturated heterocycles. The first-order valence-corrected chi connectivity index (χ1v) is 7.35. The number of ketones is 1. The fourth-order valence-corrected chi connectivity index (χ4v) is 2.95. The molecular formula is C16H11BrClNO. The molecule has 3 rings (SSSR count). The Morgan fingerprint density at radius 2 is 2.00 bits per heavy atom. The van der Waals surface area contributed by atoms with Crippen LogP contribution in [0.1, 0.15) is 15.9 Å². The molecule has 0 bridgehead atoms. The van der Waals surface area contributed by atoms with Crippen LogP contribution in [-0.2, 0) is 6.42 Å². The van der Waals surface area contributed by atoms with E-state index in [9.17, 15) is 4.79 Å². The van der Waals surface area contributed by atoms with Gasteiger partial charge in [-0.2, -0.15) is 0 Å². The minimum atomic E-state index is 0.0802. The average molecular weight is 349 g/mol. The molecule has 0 aliphatic heterocycles. The maximum atomic E-state index is 12.4. The fourth-order valence-electron chi connectivity index (χ4n) is 2.28. The maximum absolute atomic E-state index is 12.4. The van der Waals surface area contributed by atoms with E-state index in [0.29, 0.717) is 17.0 Å². The van der Waals surface area contributed by atoms with Gasteiger partial charge >= 0.3 is 0 Å². The first kappa shape index (κ1) is 13.4. The van der Waals surface area contributed by atoms with Crippen molar-refractivity contribution in [2.45, 2.75) is 6.42 Å². The lowest BCUT2D eigenvalue weighted by atomic mass is 10.0. The Labute approximate surface area is 129 Å². The normalized spacial score (nSPS) is 10.9. The molecule has 2 nitrogen and oxygen atoms in total. The highest BCUT2D eigenvalue weighted by Gasteiger charge is 2.13. The molecular weight excluding hydrogens is 338 g/mol. The molecule has 2 aromatic carbocycles. The van der Waals surface area contributed by atoms with Gasteiger partial charge in [0, 0.05) is 28.0 Å². The van der Waals surface area contributed by atoms with Crippen LogP contribution in [0, 0.1) is 0 Å². The number of carbonyl (C=O) groups excluding carboxylic acids is 1. The molecule has 1 N–H and O–H groups in total. The number of nitrogens with one attached hydrogen (secondary N) is 1. The van der Waals surface area contributed by atoms with Gasteiger partial charge in [-0.05, 0) is 23.8 Å². The number of carbonyl (C=O) groups is 1. The number of benzene rings is 2. The van der Waals surface area contributed by atoms with Gasteiger partial charge in [-0.3, -0.25) is 4.79 Å². The van der Waals surface area contributed by atoms with Gasteiger partial charge < -0.3 is 4.98 Å². The van der Waals surface area contributed by atoms with E-state index in [2.05, 4.69) is 20.9 Å². The zero-order chi connectivity index (χ0) is 14.1. The summed E-state index contributed by atoms with van der Waals surface area (Å²) in [6.45, 7) is 0. The minimum Gasteiger partial charge on any atom is -0.359 e. The Bertz CT molecular complexity index is 794. The van der Waals surface area contributed by atoms with Crippen molar-refractivity contribution in [3.63, 3.8) is 0 Å². The van der Waals surface area contributed by atoms with Crippen LogP contribution in [0.2, 0.25) is 5.02 Å². The van der Waals surface area contributed by atoms with Crippen LogP contribution in [-0.4, -0.2) is 10.8 Å². The summed E-state index contributed by atoms with van der Waals surface area (Å²) in [6.07, 6.45) is 2.11. The predicted octanol–water partition coefficient (Wildman–Crippen LogP) is 5.01. The SMILES string of the molecule is O=C(Cc1cccc(Br)c1)c1c[nH]c2c(Cl)cccc12. The molecule has 3 aromatic rings. The summed E-state index contributed by atoms with van der Waals surface area (Å²) >= 11 is 9.52. The number of fused-ring (bicyclic) bond motifs is 1. The number of halogens is 2. The number of para-hydroxylation sites is 1. The number of aromatic nitrogens is 1. The highest BCUT2D eigenvalue weighted by molar-refractivity contribution is 9.10. The molecule has 0 aliphatic rings. The minimum absolute atomic E-state index is 0.0802. The Hall–Kier alpha value is -1.58. The average Bonchev–Trinajstić information content (AvgIpc) is 2.84. The molecule has 4 heteroatoms. The van der Waals surface area contributed by atoms with Crippen LogP contribution in [0.15, 0.2) is 53.1 Å². The molecule has 1 aromatic heterocycles. The van der Waals surface area contributed by atoms with E-state index >= 15 is 0 Å². The van der Waals surface area contributed by atoms with E-state index in [0.717, 1.165) is 20.9 Å². The van der Waals surface area contributed by atoms with Crippen molar-refractivity contribution in [3.8, 4) is 0 Å². The van der Waals surface area contributed by atoms with Crippen molar-refractivity contribution in [2.75, 3.05) is 0 Å². The highest BCUT2D eigenvalue weighted by Crippen LogP contribution is 2.26. The van der Waals surface area contributed by atoms with Crippen LogP contribution >= 0.6 is 27.5 Å². The third kappa shape index (κ3) is 2.51. The van der Waals surface area contributed by atoms with Crippen LogP contribution in [0.3, 0.4) is 0 Å². The number of aromatic amines is 1. The molecule has 0 radical (unpaired) electrons. The first-order chi connectivity index (χ1) is 9.65. The molecule has 0 atom stereocenters. The number of H-pyrrole nitrogens is 1. The zero-order valence-electron chi connectivity index (χ0n) is 10.5. The smallest absolute Gasteiger partial charge is 0.169 e. The Kier molecular flexibility index (Phi) is 3.64. The van der Waals surface area contributed by atoms with Gasteiger partial charge in [-0.1, -0.05) is 51.8 Å². The number of rotatable bonds is 3. The van der Waals surface area contributed by atoms with Gasteiger partial charge in [0.1, 0.15) is 0 Å². The molecule has 0 aliphatic carbocycles. The molecule has 0 fully saturated rings. The molecule has 20 heavy (non-hydrogen) atoms. The van der Waals surface area contributed by atoms with Crippen molar-refractivity contribution in [3.05, 3.63) is 69.3 Å². The van der Waals surface area contributed by atoms with Crippen LogP contribution in [0.25, 0.3) is 10.9 Å². The van der Waals surface area contributed by atoms with Gasteiger partial charge in [-0.15, -0.1) is 0 Å². The van der Waals surface area contributed by atoms with Gasteiger partial charge in [0.25, 0.3) is 0 Å². The lowest BCUT2D eigenvalue weighted by molar-refractivity contribution is 0.0994. The molecule has 0 saturated carbocycles. The van der Waals surface area contributed by atoms with Crippen molar-refractivity contribution in [2.24, 2.45) is 0 Å². The molecule has 100 valence electrons. The monoisotopic (exact) mass is 347 g/mol. The Morgan fingerprint density at radius 3 is 2.80 bits per heavy atom. The third-order valence-electron chi connectivity index (χ3n) is 3.22. The second-order valence-corrected chi connectivity index (χ2v) is 5.92. The quantitative estimate of drug-likeness (QED) is 0.663. The summed E-state index contributed by atoms with van der Waals surface area (Å²) in [6, 6.07) is 13.4. The summed E-state index contributed by atoms with van der Waals surface area (Å²) in [5, 5.41) is 1.50. The van der Waals surface area contributed by atoms with E-state index in [1.165, 1.54) is 0 Å². The van der Waals surface area contributed by atoms with Gasteiger partial charge in [0.15, 0.2) is 5.78 Å². The molecule has 0 amide bonds. The van der Waals surface area contributed by atoms with Crippen LogP contribution in [0.5, 0.6) is 0 Å². The van der Waals surface area contributed by atoms with Crippen molar-refractivity contribution >= 4 is 44.2 Å². The van der Waals surface area contributed by atoms with E-state index < -0.39 is 0 Å². The van der Waals surface area contributed by atoms with Gasteiger partial charge in [0.2, 0.25) is 0 Å². The van der Waals surface area contributed by atoms with Crippen molar-refractivity contribution in [1.82, 2.24) is 4.98 Å². The van der Waals surface area contributed by atoms with E-state index in [4.69, 9.17) is 11.6 Å². The van der Waals surface area contributed by atoms with E-state index in [1.54, 1.807) is 6.20 Å². The lowest BCUT2D eigenvalue weighted by Crippen LogP contribution is -2.02. The summed E-state index contributed by atoms with van der Waals surface area (Å²) in [5.74, 6) is 0.0802. The summed E-state index contributed by atoms with van der Waals surface area (Å²) in [5.41, 5.74) is 2.48. The van der Waals surface area contributed by atoms with Crippen LogP contribution in [0.4, 0.5) is 0 Å². The second-order valence-electron chi connectivity index (χ2n) is 4.59. The first-order valence-electron chi connectivity index (χ1n) is 6.18. The molecule has 0 spiro atoms. The summed E-state index contributed by atoms with van der Waals surface area (Å²) in [7, 11) is 0. The fraction of sp³-hybridized carbons (Fsp3) is 0.0625. The van der Waals surface area contributed by atoms with Gasteiger partial charge in [0.05, 0.1) is 10.5 Å². The molecule has 0 unspecified atom stereocenters. The molecule has 1 heterocycles. The highest BCUT2D eigenvalue weighted by atomic mass is 79.9. The Morgan fingerprint density at radius 1 is 1.20 bits per heavy atom. The maximum Gasteiger partial charge on any atom is 0.169 e.